The molecule has 1 spiro atoms. The predicted octanol–water partition coefficient (Wildman–Crippen LogP) is 4.08. The topological polar surface area (TPSA) is 172 Å². The fourth-order valence-corrected chi connectivity index (χ4v) is 9.64. The van der Waals surface area contributed by atoms with Crippen LogP contribution in [0.3, 0.4) is 0 Å². The third-order valence-electron chi connectivity index (χ3n) is 13.0. The van der Waals surface area contributed by atoms with Crippen molar-refractivity contribution < 1.29 is 19.1 Å². The van der Waals surface area contributed by atoms with E-state index in [1.165, 1.54) is 43.0 Å². The number of carbonyl (C=O) groups excluding carboxylic acids is 3. The first-order valence-electron chi connectivity index (χ1n) is 20.8. The molecule has 3 aliphatic heterocycles. The number of nitrogens with zero attached hydrogens (tertiary/aromatic N) is 8. The summed E-state index contributed by atoms with van der Waals surface area (Å²) >= 11 is 6.58. The molecule has 0 radical (unpaired) electrons. The van der Waals surface area contributed by atoms with Gasteiger partial charge in [0.25, 0.3) is 11.5 Å². The molecule has 1 atom stereocenters. The molecular weight excluding hydrogens is 786 g/mol. The maximum absolute atomic E-state index is 12.8. The quantitative estimate of drug-likeness (QED) is 0.173. The Balaban J connectivity index is 0.761. The summed E-state index contributed by atoms with van der Waals surface area (Å²) in [7, 11) is 5.11. The van der Waals surface area contributed by atoms with Gasteiger partial charge in [0.2, 0.25) is 17.8 Å². The van der Waals surface area contributed by atoms with Gasteiger partial charge in [0.05, 0.1) is 28.8 Å². The Labute approximate surface area is 352 Å². The number of hydrogen-bond acceptors (Lipinski definition) is 12. The lowest BCUT2D eigenvalue weighted by Gasteiger charge is -2.55. The summed E-state index contributed by atoms with van der Waals surface area (Å²) in [6.07, 6.45) is 7.45. The predicted molar refractivity (Wildman–Crippen MR) is 230 cm³/mol. The van der Waals surface area contributed by atoms with Crippen LogP contribution in [0.2, 0.25) is 5.02 Å². The Morgan fingerprint density at radius 3 is 2.50 bits per heavy atom. The molecule has 4 aliphatic rings. The molecule has 1 saturated carbocycles. The summed E-state index contributed by atoms with van der Waals surface area (Å²) < 4.78 is 8.88. The van der Waals surface area contributed by atoms with E-state index < -0.39 is 5.92 Å². The number of carbonyl (C=O) groups is 3. The van der Waals surface area contributed by atoms with Crippen molar-refractivity contribution in [3.63, 3.8) is 0 Å². The lowest BCUT2D eigenvalue weighted by Crippen LogP contribution is -2.58. The van der Waals surface area contributed by atoms with Crippen LogP contribution < -0.4 is 36.0 Å². The fourth-order valence-electron chi connectivity index (χ4n) is 9.50. The number of likely N-dealkylation sites (N-methyl/N-ethyl adjacent to an activating group) is 1. The highest BCUT2D eigenvalue weighted by molar-refractivity contribution is 6.33. The average molecular weight is 836 g/mol. The summed E-state index contributed by atoms with van der Waals surface area (Å²) in [6.45, 7) is 6.53. The number of nitrogens with one attached hydrogen (secondary N) is 3. The van der Waals surface area contributed by atoms with Gasteiger partial charge in [-0.2, -0.15) is 10.1 Å². The number of aromatic nitrogens is 5. The first-order chi connectivity index (χ1) is 29.0. The summed E-state index contributed by atoms with van der Waals surface area (Å²) in [5.74, 6) is 0.706. The van der Waals surface area contributed by atoms with Gasteiger partial charge in [0.1, 0.15) is 5.02 Å². The van der Waals surface area contributed by atoms with Crippen LogP contribution in [-0.4, -0.2) is 106 Å². The molecule has 3 amide bonds. The minimum atomic E-state index is -0.400. The number of pyridine rings is 1. The monoisotopic (exact) mass is 835 g/mol. The number of anilines is 4. The zero-order valence-corrected chi connectivity index (χ0v) is 34.9. The molecule has 2 aromatic carbocycles. The van der Waals surface area contributed by atoms with Gasteiger partial charge in [-0.3, -0.25) is 34.1 Å². The van der Waals surface area contributed by atoms with Crippen LogP contribution in [0.25, 0.3) is 21.8 Å². The van der Waals surface area contributed by atoms with E-state index in [1.54, 1.807) is 19.3 Å². The van der Waals surface area contributed by atoms with Crippen LogP contribution in [0, 0.1) is 11.3 Å². The molecule has 16 nitrogen and oxygen atoms in total. The summed E-state index contributed by atoms with van der Waals surface area (Å²) in [5.41, 5.74) is 4.46. The first-order valence-corrected chi connectivity index (χ1v) is 21.1. The van der Waals surface area contributed by atoms with Crippen molar-refractivity contribution in [3.05, 3.63) is 69.7 Å². The van der Waals surface area contributed by atoms with Gasteiger partial charge in [-0.15, -0.1) is 0 Å². The number of piperidine rings is 1. The molecule has 314 valence electrons. The number of rotatable bonds is 10. The standard InChI is InChI=1S/C43H50ClN11O5/c1-45-37(57)23-60-35-19-27-18-28(4-8-33(27)51(2)41(35)59)47-39-32(44)21-46-42(49-39)54-16-14-53(15-17-54)22-26-10-12-43(13-11-26)24-55(25-43)29-5-6-30-34(20-29)52(3)50-38(30)31-7-9-36(56)48-40(31)58/h4-6,8,18-21,26,31H,7,9-17,22-25H2,1-3H3,(H,45,57)(H,46,47,49)(H,48,56,58). The van der Waals surface area contributed by atoms with Crippen LogP contribution in [-0.2, 0) is 28.5 Å². The second kappa shape index (κ2) is 16.0. The van der Waals surface area contributed by atoms with Crippen molar-refractivity contribution in [1.82, 2.24) is 39.8 Å². The van der Waals surface area contributed by atoms with Gasteiger partial charge in [-0.05, 0) is 80.5 Å². The number of hydrogen-bond donors (Lipinski definition) is 3. The van der Waals surface area contributed by atoms with Crippen LogP contribution in [0.1, 0.15) is 50.1 Å². The molecule has 60 heavy (non-hydrogen) atoms. The Kier molecular flexibility index (Phi) is 10.6. The molecule has 5 aromatic rings. The van der Waals surface area contributed by atoms with Gasteiger partial charge in [0.15, 0.2) is 18.2 Å². The van der Waals surface area contributed by atoms with E-state index in [0.29, 0.717) is 46.5 Å². The maximum Gasteiger partial charge on any atom is 0.293 e. The van der Waals surface area contributed by atoms with E-state index in [0.717, 1.165) is 73.5 Å². The molecule has 6 heterocycles. The number of aryl methyl sites for hydroxylation is 2. The Morgan fingerprint density at radius 2 is 1.75 bits per heavy atom. The molecular formula is C43H50ClN11O5. The largest absolute Gasteiger partial charge is 0.478 e. The Morgan fingerprint density at radius 1 is 0.967 bits per heavy atom. The molecule has 17 heteroatoms. The highest BCUT2D eigenvalue weighted by Gasteiger charge is 2.45. The van der Waals surface area contributed by atoms with Gasteiger partial charge < -0.3 is 29.7 Å². The van der Waals surface area contributed by atoms with E-state index in [1.807, 2.05) is 29.9 Å². The number of piperazine rings is 1. The van der Waals surface area contributed by atoms with E-state index in [9.17, 15) is 19.2 Å². The van der Waals surface area contributed by atoms with E-state index >= 15 is 0 Å². The average Bonchev–Trinajstić information content (AvgIpc) is 3.56. The second-order valence-corrected chi connectivity index (χ2v) is 17.3. The molecule has 3 N–H and O–H groups in total. The van der Waals surface area contributed by atoms with Crippen molar-refractivity contribution in [2.45, 2.75) is 44.4 Å². The Bertz CT molecular complexity index is 2550. The first kappa shape index (κ1) is 39.7. The molecule has 1 aliphatic carbocycles. The van der Waals surface area contributed by atoms with Gasteiger partial charge in [-0.25, -0.2) is 4.98 Å². The maximum atomic E-state index is 12.8. The smallest absolute Gasteiger partial charge is 0.293 e. The van der Waals surface area contributed by atoms with Gasteiger partial charge in [-0.1, -0.05) is 11.6 Å². The highest BCUT2D eigenvalue weighted by Crippen LogP contribution is 2.48. The van der Waals surface area contributed by atoms with Crippen LogP contribution in [0.4, 0.5) is 23.1 Å². The summed E-state index contributed by atoms with van der Waals surface area (Å²) in [6, 6.07) is 13.7. The number of ether oxygens (including phenoxy) is 1. The van der Waals surface area contributed by atoms with Crippen LogP contribution >= 0.6 is 11.6 Å². The molecule has 9 rings (SSSR count). The molecule has 4 fully saturated rings. The lowest BCUT2D eigenvalue weighted by molar-refractivity contribution is -0.134. The van der Waals surface area contributed by atoms with Gasteiger partial charge >= 0.3 is 0 Å². The summed E-state index contributed by atoms with van der Waals surface area (Å²) in [4.78, 5) is 65.5. The third-order valence-corrected chi connectivity index (χ3v) is 13.3. The third kappa shape index (κ3) is 7.73. The number of halogens is 1. The number of benzene rings is 2. The molecule has 3 saturated heterocycles. The minimum absolute atomic E-state index is 0.0899. The second-order valence-electron chi connectivity index (χ2n) is 16.9. The van der Waals surface area contributed by atoms with Crippen LogP contribution in [0.15, 0.2) is 53.5 Å². The SMILES string of the molecule is CNC(=O)COc1cc2cc(Nc3nc(N4CCN(CC5CCC6(CC5)CN(c5ccc7c(C8CCC(=O)NC8=O)nn(C)c7c5)C6)CC4)ncc3Cl)ccc2n(C)c1=O. The van der Waals surface area contributed by atoms with Crippen molar-refractivity contribution in [2.75, 3.05) is 74.6 Å². The Hall–Kier alpha value is -5.74. The van der Waals surface area contributed by atoms with E-state index in [-0.39, 0.29) is 35.6 Å². The zero-order chi connectivity index (χ0) is 41.7. The lowest BCUT2D eigenvalue weighted by atomic mass is 9.65. The molecule has 0 bridgehead atoms. The minimum Gasteiger partial charge on any atom is -0.478 e. The highest BCUT2D eigenvalue weighted by atomic mass is 35.5. The molecule has 1 unspecified atom stereocenters. The fraction of sp³-hybridized carbons (Fsp3) is 0.465. The normalized spacial score (nSPS) is 19.8. The summed E-state index contributed by atoms with van der Waals surface area (Å²) in [5, 5.41) is 15.1. The number of amides is 3. The van der Waals surface area contributed by atoms with Crippen molar-refractivity contribution in [1.29, 1.82) is 0 Å². The molecule has 3 aromatic heterocycles. The van der Waals surface area contributed by atoms with Gasteiger partial charge in [0, 0.05) is 101 Å². The number of imide groups is 1. The van der Waals surface area contributed by atoms with Crippen molar-refractivity contribution >= 4 is 74.3 Å². The van der Waals surface area contributed by atoms with E-state index in [4.69, 9.17) is 26.4 Å². The van der Waals surface area contributed by atoms with Crippen molar-refractivity contribution in [3.8, 4) is 5.75 Å². The van der Waals surface area contributed by atoms with Crippen molar-refractivity contribution in [2.24, 2.45) is 25.4 Å². The number of fused-ring (bicyclic) bond motifs is 2. The van der Waals surface area contributed by atoms with Crippen LogP contribution in [0.5, 0.6) is 5.75 Å². The van der Waals surface area contributed by atoms with E-state index in [2.05, 4.69) is 53.8 Å². The zero-order valence-electron chi connectivity index (χ0n) is 34.2.